The maximum atomic E-state index is 13.5. The van der Waals surface area contributed by atoms with E-state index >= 15 is 0 Å². The molecule has 1 fully saturated rings. The molecular formula is C29H26ClN3O2S. The molecule has 5 nitrogen and oxygen atoms in total. The van der Waals surface area contributed by atoms with Crippen molar-refractivity contribution < 1.29 is 9.59 Å². The molecule has 7 heteroatoms. The van der Waals surface area contributed by atoms with Crippen molar-refractivity contribution in [2.75, 3.05) is 10.2 Å². The van der Waals surface area contributed by atoms with Crippen molar-refractivity contribution >= 4 is 46.6 Å². The van der Waals surface area contributed by atoms with Gasteiger partial charge in [0.25, 0.3) is 5.91 Å². The predicted molar refractivity (Wildman–Crippen MR) is 147 cm³/mol. The molecule has 1 aliphatic heterocycles. The van der Waals surface area contributed by atoms with Gasteiger partial charge in [-0.05, 0) is 60.7 Å². The molecule has 182 valence electrons. The van der Waals surface area contributed by atoms with Gasteiger partial charge in [0.1, 0.15) is 16.7 Å². The number of hydrogen-bond donors (Lipinski definition) is 1. The zero-order chi connectivity index (χ0) is 25.5. The van der Waals surface area contributed by atoms with Crippen LogP contribution in [0.15, 0.2) is 89.5 Å². The quantitative estimate of drug-likeness (QED) is 0.266. The normalized spacial score (nSPS) is 16.5. The number of aryl methyl sites for hydroxylation is 1. The van der Waals surface area contributed by atoms with E-state index in [1.54, 1.807) is 18.2 Å². The SMILES string of the molecule is CCCCc1ccc(NC(=O)/C(C#N)=C2\S[C@H](Cc3ccccc3Cl)C(=O)N2c2ccccc2)cc1. The van der Waals surface area contributed by atoms with Crippen LogP contribution in [0.3, 0.4) is 0 Å². The van der Waals surface area contributed by atoms with Crippen LogP contribution in [-0.2, 0) is 22.4 Å². The van der Waals surface area contributed by atoms with Gasteiger partial charge in [-0.1, -0.05) is 85.2 Å². The van der Waals surface area contributed by atoms with Crippen LogP contribution >= 0.6 is 23.4 Å². The minimum Gasteiger partial charge on any atom is -0.321 e. The summed E-state index contributed by atoms with van der Waals surface area (Å²) in [7, 11) is 0. The molecule has 3 aromatic rings. The lowest BCUT2D eigenvalue weighted by atomic mass is 10.1. The van der Waals surface area contributed by atoms with Gasteiger partial charge < -0.3 is 5.32 Å². The van der Waals surface area contributed by atoms with Crippen molar-refractivity contribution in [1.29, 1.82) is 5.26 Å². The lowest BCUT2D eigenvalue weighted by Crippen LogP contribution is -2.30. The Kier molecular flexibility index (Phi) is 8.48. The summed E-state index contributed by atoms with van der Waals surface area (Å²) in [5.41, 5.74) is 3.14. The third-order valence-electron chi connectivity index (χ3n) is 5.91. The number of nitriles is 1. The number of benzene rings is 3. The molecule has 4 rings (SSSR count). The Morgan fingerprint density at radius 3 is 2.42 bits per heavy atom. The smallest absolute Gasteiger partial charge is 0.269 e. The number of amides is 2. The summed E-state index contributed by atoms with van der Waals surface area (Å²) in [6, 6.07) is 26.1. The summed E-state index contributed by atoms with van der Waals surface area (Å²) in [5.74, 6) is -0.740. The maximum absolute atomic E-state index is 13.5. The van der Waals surface area contributed by atoms with Gasteiger partial charge in [0.15, 0.2) is 0 Å². The first kappa shape index (κ1) is 25.6. The van der Waals surface area contributed by atoms with Crippen molar-refractivity contribution in [1.82, 2.24) is 0 Å². The highest BCUT2D eigenvalue weighted by Gasteiger charge is 2.41. The van der Waals surface area contributed by atoms with Crippen LogP contribution in [0, 0.1) is 11.3 Å². The third-order valence-corrected chi connectivity index (χ3v) is 7.55. The van der Waals surface area contributed by atoms with Crippen molar-refractivity contribution in [2.24, 2.45) is 0 Å². The van der Waals surface area contributed by atoms with E-state index in [2.05, 4.69) is 12.2 Å². The van der Waals surface area contributed by atoms with Crippen molar-refractivity contribution in [3.8, 4) is 6.07 Å². The highest BCUT2D eigenvalue weighted by Crippen LogP contribution is 2.42. The van der Waals surface area contributed by atoms with Crippen LogP contribution in [0.25, 0.3) is 0 Å². The summed E-state index contributed by atoms with van der Waals surface area (Å²) in [6.07, 6.45) is 3.58. The second-order valence-electron chi connectivity index (χ2n) is 8.46. The van der Waals surface area contributed by atoms with Crippen LogP contribution in [0.2, 0.25) is 5.02 Å². The fourth-order valence-corrected chi connectivity index (χ4v) is 5.50. The summed E-state index contributed by atoms with van der Waals surface area (Å²) >= 11 is 7.57. The number of nitrogens with one attached hydrogen (secondary N) is 1. The van der Waals surface area contributed by atoms with E-state index in [9.17, 15) is 14.9 Å². The fourth-order valence-electron chi connectivity index (χ4n) is 3.99. The number of carbonyl (C=O) groups excluding carboxylic acids is 2. The number of para-hydroxylation sites is 1. The van der Waals surface area contributed by atoms with E-state index in [-0.39, 0.29) is 11.5 Å². The Labute approximate surface area is 220 Å². The number of hydrogen-bond acceptors (Lipinski definition) is 4. The largest absolute Gasteiger partial charge is 0.321 e. The molecule has 0 unspecified atom stereocenters. The second kappa shape index (κ2) is 11.9. The molecule has 1 heterocycles. The van der Waals surface area contributed by atoms with E-state index in [0.29, 0.717) is 27.8 Å². The Morgan fingerprint density at radius 1 is 1.06 bits per heavy atom. The van der Waals surface area contributed by atoms with E-state index in [1.807, 2.05) is 66.7 Å². The molecule has 0 saturated carbocycles. The average molecular weight is 516 g/mol. The molecule has 1 saturated heterocycles. The lowest BCUT2D eigenvalue weighted by Gasteiger charge is -2.18. The van der Waals surface area contributed by atoms with Crippen LogP contribution in [-0.4, -0.2) is 17.1 Å². The fraction of sp³-hybridized carbons (Fsp3) is 0.207. The molecule has 1 atom stereocenters. The van der Waals surface area contributed by atoms with E-state index in [1.165, 1.54) is 22.2 Å². The first-order valence-corrected chi connectivity index (χ1v) is 13.1. The van der Waals surface area contributed by atoms with Gasteiger partial charge in [0.05, 0.1) is 5.25 Å². The monoisotopic (exact) mass is 515 g/mol. The molecule has 1 N–H and O–H groups in total. The zero-order valence-electron chi connectivity index (χ0n) is 19.9. The molecule has 0 aromatic heterocycles. The molecule has 36 heavy (non-hydrogen) atoms. The van der Waals surface area contributed by atoms with Crippen LogP contribution in [0.5, 0.6) is 0 Å². The molecule has 3 aromatic carbocycles. The van der Waals surface area contributed by atoms with Gasteiger partial charge in [-0.15, -0.1) is 0 Å². The van der Waals surface area contributed by atoms with Gasteiger partial charge >= 0.3 is 0 Å². The predicted octanol–water partition coefficient (Wildman–Crippen LogP) is 6.75. The van der Waals surface area contributed by atoms with Crippen LogP contribution < -0.4 is 10.2 Å². The van der Waals surface area contributed by atoms with Crippen molar-refractivity contribution in [3.63, 3.8) is 0 Å². The highest BCUT2D eigenvalue weighted by atomic mass is 35.5. The first-order chi connectivity index (χ1) is 17.5. The first-order valence-electron chi connectivity index (χ1n) is 11.9. The zero-order valence-corrected chi connectivity index (χ0v) is 21.5. The summed E-state index contributed by atoms with van der Waals surface area (Å²) in [4.78, 5) is 28.2. The molecule has 0 spiro atoms. The Bertz CT molecular complexity index is 1320. The van der Waals surface area contributed by atoms with E-state index < -0.39 is 11.2 Å². The number of anilines is 2. The average Bonchev–Trinajstić information content (AvgIpc) is 3.21. The number of thioether (sulfide) groups is 1. The topological polar surface area (TPSA) is 73.2 Å². The second-order valence-corrected chi connectivity index (χ2v) is 10.1. The van der Waals surface area contributed by atoms with Gasteiger partial charge in [0.2, 0.25) is 5.91 Å². The number of carbonyl (C=O) groups is 2. The van der Waals surface area contributed by atoms with Gasteiger partial charge in [-0.25, -0.2) is 0 Å². The standard InChI is InChI=1S/C29H26ClN3O2S/c1-2-3-9-20-14-16-22(17-15-20)32-27(34)24(19-31)29-33(23-11-5-4-6-12-23)28(35)26(36-29)18-21-10-7-8-13-25(21)30/h4-8,10-17,26H,2-3,9,18H2,1H3,(H,32,34)/b29-24-/t26-/m1/s1. The molecule has 2 amide bonds. The molecule has 0 radical (unpaired) electrons. The highest BCUT2D eigenvalue weighted by molar-refractivity contribution is 8.05. The molecule has 0 aliphatic carbocycles. The van der Waals surface area contributed by atoms with Gasteiger partial charge in [0, 0.05) is 16.4 Å². The number of rotatable bonds is 8. The molecule has 1 aliphatic rings. The van der Waals surface area contributed by atoms with Gasteiger partial charge in [-0.2, -0.15) is 5.26 Å². The summed E-state index contributed by atoms with van der Waals surface area (Å²) in [6.45, 7) is 2.15. The van der Waals surface area contributed by atoms with Crippen LogP contribution in [0.1, 0.15) is 30.9 Å². The van der Waals surface area contributed by atoms with Gasteiger partial charge in [-0.3, -0.25) is 14.5 Å². The Balaban J connectivity index is 1.64. The molecular weight excluding hydrogens is 490 g/mol. The third kappa shape index (κ3) is 5.81. The molecule has 0 bridgehead atoms. The van der Waals surface area contributed by atoms with E-state index in [4.69, 9.17) is 11.6 Å². The lowest BCUT2D eigenvalue weighted by molar-refractivity contribution is -0.117. The number of halogens is 1. The van der Waals surface area contributed by atoms with Crippen molar-refractivity contribution in [2.45, 2.75) is 37.9 Å². The number of nitrogens with zero attached hydrogens (tertiary/aromatic N) is 2. The maximum Gasteiger partial charge on any atom is 0.269 e. The van der Waals surface area contributed by atoms with E-state index in [0.717, 1.165) is 24.8 Å². The Hall–Kier alpha value is -3.53. The van der Waals surface area contributed by atoms with Crippen molar-refractivity contribution in [3.05, 3.63) is 106 Å². The minimum absolute atomic E-state index is 0.103. The summed E-state index contributed by atoms with van der Waals surface area (Å²) < 4.78 is 0. The minimum atomic E-state index is -0.548. The number of unbranched alkanes of at least 4 members (excludes halogenated alkanes) is 1. The Morgan fingerprint density at radius 2 is 1.75 bits per heavy atom. The summed E-state index contributed by atoms with van der Waals surface area (Å²) in [5, 5.41) is 13.2. The van der Waals surface area contributed by atoms with Crippen LogP contribution in [0.4, 0.5) is 11.4 Å².